The summed E-state index contributed by atoms with van der Waals surface area (Å²) in [6, 6.07) is 6.79. The van der Waals surface area contributed by atoms with Crippen LogP contribution >= 0.6 is 11.8 Å². The summed E-state index contributed by atoms with van der Waals surface area (Å²) in [7, 11) is 1.72. The summed E-state index contributed by atoms with van der Waals surface area (Å²) in [6.45, 7) is 17.7. The van der Waals surface area contributed by atoms with Crippen LogP contribution in [0, 0.1) is 39.9 Å². The van der Waals surface area contributed by atoms with E-state index < -0.39 is 41.2 Å². The quantitative estimate of drug-likeness (QED) is 0.0621. The standard InChI is InChI=1S/C48H74N6O7S/c1-9-46(6)25-38(47(7)29(4)18-20-48(30(5)42(46)57)21-19-37(55)41(47)48)61-39(56)27-62-35-23-33-16-17-34(24-35)54(33)26-31-12-14-32(15-13-31)52-43(58)36(11-10-22-51-45(49)60)53-44(59)40(50-8)28(2)3/h9,12-15,28-30,33-36,38,40-42,50,57H,1,10-11,16-27H2,2-8H3,(H,52,58)(H,53,59)(H3,49,51,60)/t29-,30+,33?,34?,35?,36+,38-,40?,41+,42+,46-,47+,48+/m1/s1. The Bertz CT molecular complexity index is 1800. The Kier molecular flexibility index (Phi) is 15.3. The number of aliphatic hydroxyl groups excluding tert-OH is 1. The lowest BCUT2D eigenvalue weighted by molar-refractivity contribution is -0.205. The number of anilines is 1. The van der Waals surface area contributed by atoms with Crippen LogP contribution in [0.1, 0.15) is 118 Å². The number of esters is 1. The number of amides is 4. The number of fused-ring (bicyclic) bond motifs is 2. The number of nitrogens with zero attached hydrogens (tertiary/aromatic N) is 1. The van der Waals surface area contributed by atoms with Crippen molar-refractivity contribution in [3.63, 3.8) is 0 Å². The molecule has 344 valence electrons. The third kappa shape index (κ3) is 9.78. The van der Waals surface area contributed by atoms with E-state index in [9.17, 15) is 29.1 Å². The zero-order valence-corrected chi connectivity index (χ0v) is 39.0. The molecule has 12 atom stereocenters. The van der Waals surface area contributed by atoms with E-state index >= 15 is 0 Å². The van der Waals surface area contributed by atoms with Gasteiger partial charge in [0.15, 0.2) is 0 Å². The highest BCUT2D eigenvalue weighted by molar-refractivity contribution is 8.00. The van der Waals surface area contributed by atoms with Gasteiger partial charge < -0.3 is 36.8 Å². The topological polar surface area (TPSA) is 192 Å². The second-order valence-corrected chi connectivity index (χ2v) is 21.5. The maximum absolute atomic E-state index is 13.9. The van der Waals surface area contributed by atoms with Gasteiger partial charge in [0.25, 0.3) is 0 Å². The van der Waals surface area contributed by atoms with Crippen LogP contribution in [0.25, 0.3) is 0 Å². The Morgan fingerprint density at radius 3 is 2.34 bits per heavy atom. The van der Waals surface area contributed by atoms with Crippen LogP contribution in [-0.4, -0.2) is 101 Å². The minimum Gasteiger partial charge on any atom is -0.461 e. The van der Waals surface area contributed by atoms with Gasteiger partial charge in [-0.3, -0.25) is 24.1 Å². The smallest absolute Gasteiger partial charge is 0.316 e. The van der Waals surface area contributed by atoms with Gasteiger partial charge >= 0.3 is 12.0 Å². The summed E-state index contributed by atoms with van der Waals surface area (Å²) in [4.78, 5) is 67.9. The van der Waals surface area contributed by atoms with Gasteiger partial charge in [-0.05, 0) is 112 Å². The van der Waals surface area contributed by atoms with Crippen LogP contribution < -0.4 is 27.0 Å². The first-order valence-electron chi connectivity index (χ1n) is 23.2. The van der Waals surface area contributed by atoms with E-state index in [1.165, 1.54) is 0 Å². The van der Waals surface area contributed by atoms with E-state index in [2.05, 4.69) is 53.5 Å². The molecule has 0 spiro atoms. The summed E-state index contributed by atoms with van der Waals surface area (Å²) in [6.07, 6.45) is 9.27. The number of aliphatic hydroxyl groups is 1. The molecule has 0 radical (unpaired) electrons. The van der Waals surface area contributed by atoms with Crippen LogP contribution in [0.15, 0.2) is 36.9 Å². The number of carbonyl (C=O) groups is 5. The van der Waals surface area contributed by atoms with Gasteiger partial charge in [0.05, 0.1) is 17.9 Å². The Morgan fingerprint density at radius 1 is 1.05 bits per heavy atom. The van der Waals surface area contributed by atoms with Crippen molar-refractivity contribution in [2.75, 3.05) is 24.7 Å². The number of hydrogen-bond donors (Lipinski definition) is 6. The summed E-state index contributed by atoms with van der Waals surface area (Å²) >= 11 is 1.70. The Balaban J connectivity index is 1.04. The predicted octanol–water partition coefficient (Wildman–Crippen LogP) is 5.94. The number of benzene rings is 1. The van der Waals surface area contributed by atoms with Gasteiger partial charge in [-0.15, -0.1) is 18.3 Å². The Morgan fingerprint density at radius 2 is 1.73 bits per heavy atom. The fourth-order valence-corrected chi connectivity index (χ4v) is 13.6. The van der Waals surface area contributed by atoms with Crippen molar-refractivity contribution in [3.05, 3.63) is 42.5 Å². The molecule has 5 aliphatic rings. The van der Waals surface area contributed by atoms with E-state index in [-0.39, 0.29) is 58.4 Å². The maximum atomic E-state index is 13.9. The average Bonchev–Trinajstić information content (AvgIpc) is 3.69. The van der Waals surface area contributed by atoms with Crippen molar-refractivity contribution in [1.29, 1.82) is 0 Å². The molecule has 13 nitrogen and oxygen atoms in total. The van der Waals surface area contributed by atoms with E-state index in [0.29, 0.717) is 55.2 Å². The lowest BCUT2D eigenvalue weighted by atomic mass is 9.44. The maximum Gasteiger partial charge on any atom is 0.316 e. The number of nitrogens with one attached hydrogen (secondary N) is 4. The Hall–Kier alpha value is -3.46. The molecule has 4 amide bonds. The van der Waals surface area contributed by atoms with E-state index in [4.69, 9.17) is 10.5 Å². The molecule has 7 N–H and O–H groups in total. The van der Waals surface area contributed by atoms with Crippen molar-refractivity contribution in [2.24, 2.45) is 45.7 Å². The van der Waals surface area contributed by atoms with Crippen molar-refractivity contribution in [2.45, 2.75) is 160 Å². The summed E-state index contributed by atoms with van der Waals surface area (Å²) in [5.41, 5.74) is 5.51. The van der Waals surface area contributed by atoms with E-state index in [1.807, 2.05) is 51.1 Å². The van der Waals surface area contributed by atoms with Gasteiger partial charge in [0, 0.05) is 59.3 Å². The zero-order chi connectivity index (χ0) is 45.1. The van der Waals surface area contributed by atoms with Gasteiger partial charge in [-0.1, -0.05) is 59.8 Å². The average molecular weight is 879 g/mol. The fourth-order valence-electron chi connectivity index (χ4n) is 12.4. The van der Waals surface area contributed by atoms with Crippen LogP contribution in [0.3, 0.4) is 0 Å². The van der Waals surface area contributed by atoms with Gasteiger partial charge in [0.1, 0.15) is 17.9 Å². The molecule has 1 aromatic carbocycles. The van der Waals surface area contributed by atoms with E-state index in [0.717, 1.165) is 57.1 Å². The molecule has 2 saturated heterocycles. The molecule has 2 heterocycles. The first-order chi connectivity index (χ1) is 29.4. The van der Waals surface area contributed by atoms with E-state index in [1.54, 1.807) is 18.8 Å². The molecule has 1 aromatic rings. The van der Waals surface area contributed by atoms with Crippen LogP contribution in [0.4, 0.5) is 10.5 Å². The number of piperidine rings is 1. The van der Waals surface area contributed by atoms with Crippen LogP contribution in [-0.2, 0) is 30.5 Å². The number of primary amides is 1. The lowest BCUT2D eigenvalue weighted by Gasteiger charge is -2.61. The number of ketones is 1. The minimum atomic E-state index is -0.799. The number of thioether (sulfide) groups is 1. The number of carbonyl (C=O) groups excluding carboxylic acids is 5. The molecular weight excluding hydrogens is 805 g/mol. The minimum absolute atomic E-state index is 0.0236. The molecule has 6 rings (SSSR count). The normalized spacial score (nSPS) is 35.2. The number of rotatable bonds is 17. The number of Topliss-reactive ketones (excluding diaryl/α,β-unsaturated/α-hetero) is 1. The van der Waals surface area contributed by atoms with Crippen molar-refractivity contribution in [1.82, 2.24) is 20.9 Å². The fraction of sp³-hybridized carbons (Fsp3) is 0.729. The van der Waals surface area contributed by atoms with Crippen molar-refractivity contribution < 1.29 is 33.8 Å². The third-order valence-corrected chi connectivity index (χ3v) is 17.6. The lowest BCUT2D eigenvalue weighted by Crippen LogP contribution is -2.63. The van der Waals surface area contributed by atoms with Crippen LogP contribution in [0.2, 0.25) is 0 Å². The molecule has 14 heteroatoms. The molecule has 5 fully saturated rings. The molecule has 2 aliphatic heterocycles. The molecule has 3 aliphatic carbocycles. The molecule has 4 bridgehead atoms. The largest absolute Gasteiger partial charge is 0.461 e. The highest BCUT2D eigenvalue weighted by atomic mass is 32.2. The zero-order valence-electron chi connectivity index (χ0n) is 38.2. The first kappa shape index (κ1) is 48.0. The third-order valence-electron chi connectivity index (χ3n) is 16.3. The number of nitrogens with two attached hydrogens (primary N) is 1. The van der Waals surface area contributed by atoms with Gasteiger partial charge in [0.2, 0.25) is 11.8 Å². The SMILES string of the molecule is C=C[C@]1(C)C[C@@H](OC(=O)CSC2CC3CCC(C2)N3Cc2ccc(NC(=O)[C@H](CCCNC(N)=O)NC(=O)C(NC)C(C)C)cc2)[C@]2(C)[C@H](C)CC[C@]3(CCC(=O)[C@H]32)[C@@H](C)[C@@H]1O. The van der Waals surface area contributed by atoms with Crippen LogP contribution in [0.5, 0.6) is 0 Å². The second kappa shape index (κ2) is 19.7. The Labute approximate surface area is 373 Å². The predicted molar refractivity (Wildman–Crippen MR) is 244 cm³/mol. The molecular formula is C48H74N6O7S. The summed E-state index contributed by atoms with van der Waals surface area (Å²) in [5.74, 6) is -0.387. The van der Waals surface area contributed by atoms with Gasteiger partial charge in [-0.2, -0.15) is 0 Å². The summed E-state index contributed by atoms with van der Waals surface area (Å²) in [5, 5.41) is 23.6. The number of urea groups is 1. The van der Waals surface area contributed by atoms with Crippen molar-refractivity contribution in [3.8, 4) is 0 Å². The summed E-state index contributed by atoms with van der Waals surface area (Å²) < 4.78 is 6.55. The molecule has 3 unspecified atom stereocenters. The number of ether oxygens (including phenoxy) is 1. The molecule has 3 saturated carbocycles. The molecule has 62 heavy (non-hydrogen) atoms. The van der Waals surface area contributed by atoms with Gasteiger partial charge in [-0.25, -0.2) is 4.79 Å². The monoisotopic (exact) mass is 879 g/mol. The number of hydrogen-bond acceptors (Lipinski definition) is 10. The number of likely N-dealkylation sites (N-methyl/N-ethyl adjacent to an activating group) is 1. The second-order valence-electron chi connectivity index (χ2n) is 20.2. The highest BCUT2D eigenvalue weighted by Crippen LogP contribution is 2.68. The first-order valence-corrected chi connectivity index (χ1v) is 24.2. The van der Waals surface area contributed by atoms with Crippen molar-refractivity contribution >= 4 is 47.0 Å². The molecule has 0 aromatic heterocycles. The highest BCUT2D eigenvalue weighted by Gasteiger charge is 2.68.